The van der Waals surface area contributed by atoms with Crippen molar-refractivity contribution in [3.63, 3.8) is 0 Å². The molecular formula is C16H17N7. The molecule has 0 fully saturated rings. The van der Waals surface area contributed by atoms with Gasteiger partial charge in [0.05, 0.1) is 11.9 Å². The third-order valence-corrected chi connectivity index (χ3v) is 3.38. The molecule has 3 aromatic rings. The highest BCUT2D eigenvalue weighted by molar-refractivity contribution is 5.94. The van der Waals surface area contributed by atoms with Gasteiger partial charge in [0.2, 0.25) is 0 Å². The molecule has 7 N–H and O–H groups in total. The second-order valence-corrected chi connectivity index (χ2v) is 4.97. The van der Waals surface area contributed by atoms with E-state index in [1.54, 1.807) is 18.3 Å². The lowest BCUT2D eigenvalue weighted by molar-refractivity contribution is 1.01. The summed E-state index contributed by atoms with van der Waals surface area (Å²) in [5.74, 6) is 0.272. The molecule has 0 unspecified atom stereocenters. The molecular weight excluding hydrogens is 290 g/mol. The molecule has 0 aliphatic heterocycles. The first-order valence-electron chi connectivity index (χ1n) is 7.08. The van der Waals surface area contributed by atoms with E-state index in [0.29, 0.717) is 18.1 Å². The smallest absolute Gasteiger partial charge is 0.185 e. The zero-order chi connectivity index (χ0) is 16.2. The van der Waals surface area contributed by atoms with Crippen LogP contribution in [0, 0.1) is 5.41 Å². The summed E-state index contributed by atoms with van der Waals surface area (Å²) in [5, 5.41) is 10.9. The second kappa shape index (κ2) is 6.18. The van der Waals surface area contributed by atoms with E-state index < -0.39 is 0 Å². The van der Waals surface area contributed by atoms with Crippen LogP contribution in [0.4, 0.5) is 5.82 Å². The molecule has 23 heavy (non-hydrogen) atoms. The fourth-order valence-electron chi connectivity index (χ4n) is 2.29. The van der Waals surface area contributed by atoms with Gasteiger partial charge in [-0.2, -0.15) is 0 Å². The molecule has 7 heteroatoms. The largest absolute Gasteiger partial charge is 0.382 e. The number of rotatable bonds is 4. The summed E-state index contributed by atoms with van der Waals surface area (Å²) in [6.45, 7) is 0.424. The molecule has 0 spiro atoms. The normalized spacial score (nSPS) is 11.1. The fourth-order valence-corrected chi connectivity index (χ4v) is 2.29. The monoisotopic (exact) mass is 307 g/mol. The number of benzene rings is 1. The molecule has 0 amide bonds. The van der Waals surface area contributed by atoms with Crippen LogP contribution in [0.1, 0.15) is 5.69 Å². The van der Waals surface area contributed by atoms with E-state index in [1.807, 2.05) is 30.5 Å². The Morgan fingerprint density at radius 1 is 1.35 bits per heavy atom. The number of nitrogens with one attached hydrogen (secondary N) is 3. The topological polar surface area (TPSA) is 129 Å². The summed E-state index contributed by atoms with van der Waals surface area (Å²) >= 11 is 0. The molecule has 7 nitrogen and oxygen atoms in total. The molecule has 0 bridgehead atoms. The number of nitrogens with zero attached hydrogens (tertiary/aromatic N) is 2. The molecule has 116 valence electrons. The molecule has 2 aromatic heterocycles. The lowest BCUT2D eigenvalue weighted by atomic mass is 10.1. The minimum absolute atomic E-state index is 0.0822. The first kappa shape index (κ1) is 14.6. The van der Waals surface area contributed by atoms with Gasteiger partial charge >= 0.3 is 0 Å². The third kappa shape index (κ3) is 3.13. The molecule has 3 rings (SSSR count). The van der Waals surface area contributed by atoms with Crippen molar-refractivity contribution in [1.29, 1.82) is 5.41 Å². The minimum Gasteiger partial charge on any atom is -0.382 e. The Balaban J connectivity index is 1.92. The number of aromatic nitrogens is 3. The Morgan fingerprint density at radius 2 is 2.17 bits per heavy atom. The van der Waals surface area contributed by atoms with Crippen LogP contribution in [0.3, 0.4) is 0 Å². The maximum atomic E-state index is 7.10. The van der Waals surface area contributed by atoms with E-state index in [-0.39, 0.29) is 5.96 Å². The van der Waals surface area contributed by atoms with Crippen LogP contribution < -0.4 is 16.8 Å². The number of fused-ring (bicyclic) bond motifs is 1. The third-order valence-electron chi connectivity index (χ3n) is 3.38. The number of hydrogen-bond acceptors (Lipinski definition) is 4. The van der Waals surface area contributed by atoms with Gasteiger partial charge in [0.15, 0.2) is 5.96 Å². The number of hydrogen-bond donors (Lipinski definition) is 5. The summed E-state index contributed by atoms with van der Waals surface area (Å²) in [6, 6.07) is 8.01. The van der Waals surface area contributed by atoms with Gasteiger partial charge in [0.1, 0.15) is 11.5 Å². The first-order valence-corrected chi connectivity index (χ1v) is 7.08. The molecule has 0 atom stereocenters. The number of nitrogen functional groups attached to an aromatic ring is 1. The maximum Gasteiger partial charge on any atom is 0.185 e. The van der Waals surface area contributed by atoms with Crippen molar-refractivity contribution in [2.75, 3.05) is 12.3 Å². The number of nitrogens with two attached hydrogens (primary N) is 2. The standard InChI is InChI=1S/C16H17N7/c17-15-13(6-3-7-20-16(18)19)23-14(9-22-15)11-8-21-12-5-2-1-4-10(11)12/h1-6,8-9,21H,7H2,(H2,17,22)(H4,18,19,20)/b6-3+. The summed E-state index contributed by atoms with van der Waals surface area (Å²) < 4.78 is 0. The first-order chi connectivity index (χ1) is 11.1. The molecule has 1 aromatic carbocycles. The highest BCUT2D eigenvalue weighted by Crippen LogP contribution is 2.27. The van der Waals surface area contributed by atoms with Gasteiger partial charge in [0.25, 0.3) is 0 Å². The summed E-state index contributed by atoms with van der Waals surface area (Å²) in [5.41, 5.74) is 14.5. The van der Waals surface area contributed by atoms with Gasteiger partial charge in [-0.05, 0) is 12.1 Å². The highest BCUT2D eigenvalue weighted by Gasteiger charge is 2.09. The van der Waals surface area contributed by atoms with Crippen LogP contribution in [0.5, 0.6) is 0 Å². The van der Waals surface area contributed by atoms with E-state index in [2.05, 4.69) is 20.3 Å². The van der Waals surface area contributed by atoms with Gasteiger partial charge in [-0.25, -0.2) is 9.97 Å². The van der Waals surface area contributed by atoms with Gasteiger partial charge in [0, 0.05) is 29.2 Å². The van der Waals surface area contributed by atoms with Crippen molar-refractivity contribution in [1.82, 2.24) is 20.3 Å². The maximum absolute atomic E-state index is 7.10. The number of anilines is 1. The van der Waals surface area contributed by atoms with Crippen LogP contribution in [0.15, 0.2) is 42.7 Å². The summed E-state index contributed by atoms with van der Waals surface area (Å²) in [4.78, 5) is 12.0. The summed E-state index contributed by atoms with van der Waals surface area (Å²) in [6.07, 6.45) is 7.13. The van der Waals surface area contributed by atoms with E-state index in [4.69, 9.17) is 16.9 Å². The van der Waals surface area contributed by atoms with Crippen LogP contribution in [-0.4, -0.2) is 27.5 Å². The second-order valence-electron chi connectivity index (χ2n) is 4.97. The average Bonchev–Trinajstić information content (AvgIpc) is 2.97. The molecule has 0 saturated heterocycles. The van der Waals surface area contributed by atoms with Crippen molar-refractivity contribution in [2.45, 2.75) is 0 Å². The average molecular weight is 307 g/mol. The SMILES string of the molecule is N=C(N)NC/C=C/c1nc(-c2c[nH]c3ccccc23)cnc1N. The quantitative estimate of drug-likeness (QED) is 0.370. The lowest BCUT2D eigenvalue weighted by Gasteiger charge is -2.04. The predicted molar refractivity (Wildman–Crippen MR) is 92.7 cm³/mol. The van der Waals surface area contributed by atoms with Crippen molar-refractivity contribution in [2.24, 2.45) is 5.73 Å². The highest BCUT2D eigenvalue weighted by atomic mass is 15.0. The number of para-hydroxylation sites is 1. The van der Waals surface area contributed by atoms with Gasteiger partial charge in [-0.1, -0.05) is 24.3 Å². The van der Waals surface area contributed by atoms with Crippen molar-refractivity contribution in [3.05, 3.63) is 48.4 Å². The molecule has 0 saturated carbocycles. The predicted octanol–water partition coefficient (Wildman–Crippen LogP) is 1.70. The van der Waals surface area contributed by atoms with Gasteiger partial charge in [-0.15, -0.1) is 0 Å². The van der Waals surface area contributed by atoms with E-state index >= 15 is 0 Å². The molecule has 0 aliphatic rings. The molecule has 0 radical (unpaired) electrons. The van der Waals surface area contributed by atoms with E-state index in [9.17, 15) is 0 Å². The summed E-state index contributed by atoms with van der Waals surface area (Å²) in [7, 11) is 0. The molecule has 2 heterocycles. The van der Waals surface area contributed by atoms with Gasteiger partial charge < -0.3 is 21.8 Å². The van der Waals surface area contributed by atoms with Crippen LogP contribution in [0.25, 0.3) is 28.2 Å². The number of guanidine groups is 1. The van der Waals surface area contributed by atoms with Crippen molar-refractivity contribution < 1.29 is 0 Å². The Bertz CT molecular complexity index is 879. The Labute approximate surface area is 133 Å². The van der Waals surface area contributed by atoms with E-state index in [1.165, 1.54) is 0 Å². The zero-order valence-corrected chi connectivity index (χ0v) is 12.4. The van der Waals surface area contributed by atoms with Crippen LogP contribution in [0.2, 0.25) is 0 Å². The Hall–Kier alpha value is -3.35. The number of aromatic amines is 1. The van der Waals surface area contributed by atoms with Crippen molar-refractivity contribution >= 4 is 28.8 Å². The van der Waals surface area contributed by atoms with Crippen LogP contribution in [-0.2, 0) is 0 Å². The minimum atomic E-state index is -0.0822. The van der Waals surface area contributed by atoms with E-state index in [0.717, 1.165) is 22.2 Å². The Kier molecular flexibility index (Phi) is 3.92. The van der Waals surface area contributed by atoms with Crippen molar-refractivity contribution in [3.8, 4) is 11.3 Å². The Morgan fingerprint density at radius 3 is 3.00 bits per heavy atom. The fraction of sp³-hybridized carbons (Fsp3) is 0.0625. The zero-order valence-electron chi connectivity index (χ0n) is 12.4. The van der Waals surface area contributed by atoms with Crippen LogP contribution >= 0.6 is 0 Å². The number of H-pyrrole nitrogens is 1. The van der Waals surface area contributed by atoms with Gasteiger partial charge in [-0.3, -0.25) is 5.41 Å². The lowest BCUT2D eigenvalue weighted by Crippen LogP contribution is -2.30. The molecule has 0 aliphatic carbocycles.